The molecule has 0 amide bonds. The van der Waals surface area contributed by atoms with Crippen LogP contribution in [0.2, 0.25) is 0 Å². The number of aryl methyl sites for hydroxylation is 2. The number of anilines is 1. The number of aromatic nitrogens is 1. The molecule has 124 valence electrons. The molecule has 2 rings (SSSR count). The van der Waals surface area contributed by atoms with E-state index in [9.17, 15) is 10.1 Å². The second kappa shape index (κ2) is 6.91. The van der Waals surface area contributed by atoms with Gasteiger partial charge in [-0.05, 0) is 59.0 Å². The van der Waals surface area contributed by atoms with Crippen molar-refractivity contribution in [1.29, 1.82) is 0 Å². The van der Waals surface area contributed by atoms with E-state index in [-0.39, 0.29) is 10.6 Å². The number of hydrogen-bond acceptors (Lipinski definition) is 5. The summed E-state index contributed by atoms with van der Waals surface area (Å²) >= 11 is 0. The van der Waals surface area contributed by atoms with E-state index in [1.807, 2.05) is 34.9 Å². The van der Waals surface area contributed by atoms with Gasteiger partial charge in [0.2, 0.25) is 0 Å². The number of nitrogens with one attached hydrogen (secondary N) is 1. The lowest BCUT2D eigenvalue weighted by Gasteiger charge is -2.16. The van der Waals surface area contributed by atoms with Crippen LogP contribution >= 0.6 is 0 Å². The summed E-state index contributed by atoms with van der Waals surface area (Å²) in [6, 6.07) is 3.33. The normalized spacial score (nSPS) is 11.2. The van der Waals surface area contributed by atoms with Crippen LogP contribution in [0.25, 0.3) is 10.9 Å². The molecule has 0 radical (unpaired) electrons. The van der Waals surface area contributed by atoms with Crippen LogP contribution in [-0.2, 0) is 0 Å². The Kier molecular flexibility index (Phi) is 5.15. The summed E-state index contributed by atoms with van der Waals surface area (Å²) in [7, 11) is 4.07. The molecule has 23 heavy (non-hydrogen) atoms. The van der Waals surface area contributed by atoms with E-state index < -0.39 is 0 Å². The largest absolute Gasteiger partial charge is 0.384 e. The molecule has 6 nitrogen and oxygen atoms in total. The maximum atomic E-state index is 11.4. The fraction of sp³-hybridized carbons (Fsp3) is 0.471. The molecule has 0 fully saturated rings. The highest BCUT2D eigenvalue weighted by atomic mass is 16.6. The summed E-state index contributed by atoms with van der Waals surface area (Å²) in [5, 5.41) is 15.5. The molecule has 0 aliphatic heterocycles. The molecule has 1 N–H and O–H groups in total. The van der Waals surface area contributed by atoms with E-state index >= 15 is 0 Å². The predicted octanol–water partition coefficient (Wildman–Crippen LogP) is 3.43. The number of nitrogens with zero attached hydrogens (tertiary/aromatic N) is 3. The van der Waals surface area contributed by atoms with Crippen molar-refractivity contribution < 1.29 is 4.92 Å². The zero-order valence-electron chi connectivity index (χ0n) is 14.4. The summed E-state index contributed by atoms with van der Waals surface area (Å²) in [5.41, 5.74) is 4.47. The minimum atomic E-state index is -0.330. The first kappa shape index (κ1) is 17.1. The number of nitro groups is 1. The second-order valence-corrected chi connectivity index (χ2v) is 6.16. The monoisotopic (exact) mass is 316 g/mol. The number of rotatable bonds is 6. The summed E-state index contributed by atoms with van der Waals surface area (Å²) in [6.07, 6.45) is 0.967. The molecular formula is C17H24N4O2. The number of fused-ring (bicyclic) bond motifs is 1. The van der Waals surface area contributed by atoms with Crippen molar-refractivity contribution in [3.8, 4) is 0 Å². The van der Waals surface area contributed by atoms with E-state index in [2.05, 4.69) is 15.2 Å². The van der Waals surface area contributed by atoms with Gasteiger partial charge in [-0.2, -0.15) is 0 Å². The van der Waals surface area contributed by atoms with Gasteiger partial charge in [0, 0.05) is 18.3 Å². The number of pyridine rings is 1. The van der Waals surface area contributed by atoms with Crippen LogP contribution in [-0.4, -0.2) is 42.0 Å². The molecule has 1 heterocycles. The van der Waals surface area contributed by atoms with Gasteiger partial charge in [0.05, 0.1) is 16.1 Å². The third-order valence-electron chi connectivity index (χ3n) is 4.09. The summed E-state index contributed by atoms with van der Waals surface area (Å²) in [5.74, 6) is 0. The van der Waals surface area contributed by atoms with Crippen molar-refractivity contribution in [2.24, 2.45) is 0 Å². The minimum Gasteiger partial charge on any atom is -0.384 e. The molecule has 1 aromatic heterocycles. The van der Waals surface area contributed by atoms with Crippen molar-refractivity contribution in [1.82, 2.24) is 9.88 Å². The molecule has 0 bridgehead atoms. The Labute approximate surface area is 136 Å². The van der Waals surface area contributed by atoms with E-state index in [1.165, 1.54) is 0 Å². The lowest BCUT2D eigenvalue weighted by Crippen LogP contribution is -2.17. The Morgan fingerprint density at radius 3 is 2.57 bits per heavy atom. The van der Waals surface area contributed by atoms with Gasteiger partial charge in [-0.3, -0.25) is 15.1 Å². The van der Waals surface area contributed by atoms with Crippen molar-refractivity contribution >= 4 is 22.3 Å². The van der Waals surface area contributed by atoms with Gasteiger partial charge in [-0.15, -0.1) is 0 Å². The molecule has 0 saturated heterocycles. The van der Waals surface area contributed by atoms with Crippen LogP contribution in [0, 0.1) is 30.9 Å². The summed E-state index contributed by atoms with van der Waals surface area (Å²) in [6.45, 7) is 7.57. The third kappa shape index (κ3) is 3.59. The van der Waals surface area contributed by atoms with Gasteiger partial charge < -0.3 is 10.2 Å². The summed E-state index contributed by atoms with van der Waals surface area (Å²) in [4.78, 5) is 17.8. The smallest absolute Gasteiger partial charge is 0.280 e. The van der Waals surface area contributed by atoms with Gasteiger partial charge in [0.25, 0.3) is 5.69 Å². The predicted molar refractivity (Wildman–Crippen MR) is 94.3 cm³/mol. The molecule has 0 unspecified atom stereocenters. The minimum absolute atomic E-state index is 0.108. The maximum absolute atomic E-state index is 11.4. The van der Waals surface area contributed by atoms with E-state index in [0.29, 0.717) is 10.9 Å². The van der Waals surface area contributed by atoms with Gasteiger partial charge >= 0.3 is 0 Å². The molecule has 0 spiro atoms. The maximum Gasteiger partial charge on any atom is 0.280 e. The van der Waals surface area contributed by atoms with E-state index in [1.54, 1.807) is 12.1 Å². The highest BCUT2D eigenvalue weighted by Gasteiger charge is 2.20. The fourth-order valence-electron chi connectivity index (χ4n) is 2.68. The molecule has 0 saturated carbocycles. The molecular weight excluding hydrogens is 292 g/mol. The standard InChI is InChI=1S/C17H24N4O2/c1-11-7-8-14(21(22)23)15-16(11)19-13(3)12(2)17(15)18-9-6-10-20(4)5/h7-8H,6,9-10H2,1-5H3,(H,18,19). The van der Waals surface area contributed by atoms with E-state index in [4.69, 9.17) is 0 Å². The van der Waals surface area contributed by atoms with Crippen LogP contribution in [0.1, 0.15) is 23.2 Å². The number of hydrogen-bond donors (Lipinski definition) is 1. The quantitative estimate of drug-likeness (QED) is 0.502. The van der Waals surface area contributed by atoms with Gasteiger partial charge in [-0.25, -0.2) is 0 Å². The Bertz CT molecular complexity index is 741. The molecule has 2 aromatic rings. The fourth-order valence-corrected chi connectivity index (χ4v) is 2.68. The Morgan fingerprint density at radius 1 is 1.26 bits per heavy atom. The zero-order chi connectivity index (χ0) is 17.1. The summed E-state index contributed by atoms with van der Waals surface area (Å²) < 4.78 is 0. The molecule has 0 atom stereocenters. The topological polar surface area (TPSA) is 71.3 Å². The molecule has 1 aromatic carbocycles. The highest BCUT2D eigenvalue weighted by molar-refractivity contribution is 6.01. The van der Waals surface area contributed by atoms with Crippen molar-refractivity contribution in [2.45, 2.75) is 27.2 Å². The van der Waals surface area contributed by atoms with Crippen LogP contribution in [0.5, 0.6) is 0 Å². The first-order valence-corrected chi connectivity index (χ1v) is 7.76. The third-order valence-corrected chi connectivity index (χ3v) is 4.09. The number of benzene rings is 1. The van der Waals surface area contributed by atoms with Crippen molar-refractivity contribution in [2.75, 3.05) is 32.5 Å². The van der Waals surface area contributed by atoms with Gasteiger partial charge in [0.15, 0.2) is 0 Å². The van der Waals surface area contributed by atoms with Crippen LogP contribution in [0.4, 0.5) is 11.4 Å². The average molecular weight is 316 g/mol. The first-order valence-electron chi connectivity index (χ1n) is 7.76. The molecule has 0 aliphatic rings. The van der Waals surface area contributed by atoms with Crippen molar-refractivity contribution in [3.05, 3.63) is 39.1 Å². The number of nitro benzene ring substituents is 1. The Morgan fingerprint density at radius 2 is 1.96 bits per heavy atom. The van der Waals surface area contributed by atoms with Crippen LogP contribution in [0.15, 0.2) is 12.1 Å². The first-order chi connectivity index (χ1) is 10.8. The SMILES string of the molecule is Cc1nc2c(C)ccc([N+](=O)[O-])c2c(NCCCN(C)C)c1C. The molecule has 0 aliphatic carbocycles. The Hall–Kier alpha value is -2.21. The zero-order valence-corrected chi connectivity index (χ0v) is 14.4. The Balaban J connectivity index is 2.53. The second-order valence-electron chi connectivity index (χ2n) is 6.16. The lowest BCUT2D eigenvalue weighted by molar-refractivity contribution is -0.383. The van der Waals surface area contributed by atoms with Gasteiger partial charge in [0.1, 0.15) is 5.39 Å². The average Bonchev–Trinajstić information content (AvgIpc) is 2.47. The van der Waals surface area contributed by atoms with Crippen LogP contribution < -0.4 is 5.32 Å². The van der Waals surface area contributed by atoms with Gasteiger partial charge in [-0.1, -0.05) is 6.07 Å². The highest BCUT2D eigenvalue weighted by Crippen LogP contribution is 2.36. The van der Waals surface area contributed by atoms with E-state index in [0.717, 1.165) is 42.0 Å². The van der Waals surface area contributed by atoms with Crippen molar-refractivity contribution in [3.63, 3.8) is 0 Å². The number of non-ortho nitro benzene ring substituents is 1. The lowest BCUT2D eigenvalue weighted by atomic mass is 10.0. The van der Waals surface area contributed by atoms with Crippen LogP contribution in [0.3, 0.4) is 0 Å². The molecule has 6 heteroatoms.